The van der Waals surface area contributed by atoms with E-state index in [1.54, 1.807) is 0 Å². The molecule has 2 aromatic rings. The fourth-order valence-corrected chi connectivity index (χ4v) is 3.97. The summed E-state index contributed by atoms with van der Waals surface area (Å²) in [7, 11) is 2.06. The molecule has 2 heterocycles. The molecule has 0 aliphatic carbocycles. The summed E-state index contributed by atoms with van der Waals surface area (Å²) in [5, 5.41) is 1.22. The van der Waals surface area contributed by atoms with Crippen molar-refractivity contribution in [1.82, 2.24) is 9.47 Å². The van der Waals surface area contributed by atoms with E-state index in [0.29, 0.717) is 18.1 Å². The number of carbonyl (C=O) groups excluding carboxylic acids is 1. The number of benzene rings is 1. The lowest BCUT2D eigenvalue weighted by molar-refractivity contribution is -0.119. The van der Waals surface area contributed by atoms with Gasteiger partial charge < -0.3 is 9.47 Å². The summed E-state index contributed by atoms with van der Waals surface area (Å²) >= 11 is 0. The van der Waals surface area contributed by atoms with Gasteiger partial charge in [0.05, 0.1) is 0 Å². The van der Waals surface area contributed by atoms with Crippen molar-refractivity contribution in [1.29, 1.82) is 0 Å². The Morgan fingerprint density at radius 2 is 1.96 bits per heavy atom. The van der Waals surface area contributed by atoms with Crippen LogP contribution < -0.4 is 0 Å². The summed E-state index contributed by atoms with van der Waals surface area (Å²) in [6, 6.07) is 8.36. The number of hydrogen-bond donors (Lipinski definition) is 0. The maximum Gasteiger partial charge on any atom is 0.137 e. The minimum absolute atomic E-state index is 0.401. The maximum absolute atomic E-state index is 12.6. The second kappa shape index (κ2) is 7.98. The molecule has 0 amide bonds. The smallest absolute Gasteiger partial charge is 0.137 e. The fraction of sp³-hybridized carbons (Fsp3) is 0.571. The van der Waals surface area contributed by atoms with Gasteiger partial charge in [-0.2, -0.15) is 0 Å². The van der Waals surface area contributed by atoms with Crippen LogP contribution in [0.5, 0.6) is 0 Å². The van der Waals surface area contributed by atoms with Crippen molar-refractivity contribution < 1.29 is 4.79 Å². The SMILES string of the molecule is CCCCN1CCC(CC(=O)Cc2cn(C)c3ccccc23)CC1. The van der Waals surface area contributed by atoms with Crippen molar-refractivity contribution in [3.8, 4) is 0 Å². The second-order valence-corrected chi connectivity index (χ2v) is 7.34. The Hall–Kier alpha value is -1.61. The number of aryl methyl sites for hydroxylation is 1. The van der Waals surface area contributed by atoms with Gasteiger partial charge >= 0.3 is 0 Å². The quantitative estimate of drug-likeness (QED) is 0.762. The first-order valence-corrected chi connectivity index (χ1v) is 9.44. The first kappa shape index (κ1) is 17.2. The van der Waals surface area contributed by atoms with Crippen LogP contribution in [0.3, 0.4) is 0 Å². The van der Waals surface area contributed by atoms with Crippen molar-refractivity contribution in [3.05, 3.63) is 36.0 Å². The Labute approximate surface area is 145 Å². The molecule has 1 saturated heterocycles. The molecule has 0 N–H and O–H groups in total. The van der Waals surface area contributed by atoms with Gasteiger partial charge in [-0.05, 0) is 56.4 Å². The molecule has 3 rings (SSSR count). The Kier molecular flexibility index (Phi) is 5.72. The number of nitrogens with zero attached hydrogens (tertiary/aromatic N) is 2. The summed E-state index contributed by atoms with van der Waals surface area (Å²) < 4.78 is 2.13. The monoisotopic (exact) mass is 326 g/mol. The normalized spacial score (nSPS) is 16.8. The van der Waals surface area contributed by atoms with Crippen LogP contribution in [-0.2, 0) is 18.3 Å². The van der Waals surface area contributed by atoms with E-state index >= 15 is 0 Å². The van der Waals surface area contributed by atoms with Crippen molar-refractivity contribution in [2.45, 2.75) is 45.4 Å². The number of para-hydroxylation sites is 1. The minimum atomic E-state index is 0.401. The summed E-state index contributed by atoms with van der Waals surface area (Å²) in [5.74, 6) is 0.990. The standard InChI is InChI=1S/C21H30N2O/c1-3-4-11-23-12-9-17(10-13-23)14-19(24)15-18-16-22(2)21-8-6-5-7-20(18)21/h5-8,16-17H,3-4,9-15H2,1-2H3. The third-order valence-electron chi connectivity index (χ3n) is 5.42. The van der Waals surface area contributed by atoms with Gasteiger partial charge in [0.1, 0.15) is 5.78 Å². The van der Waals surface area contributed by atoms with Gasteiger partial charge in [-0.15, -0.1) is 0 Å². The van der Waals surface area contributed by atoms with Crippen LogP contribution in [0.4, 0.5) is 0 Å². The van der Waals surface area contributed by atoms with E-state index in [0.717, 1.165) is 6.42 Å². The van der Waals surface area contributed by atoms with Crippen LogP contribution in [0.15, 0.2) is 30.5 Å². The average Bonchev–Trinajstić information content (AvgIpc) is 2.90. The van der Waals surface area contributed by atoms with Crippen LogP contribution in [0.1, 0.15) is 44.6 Å². The molecule has 130 valence electrons. The molecule has 1 fully saturated rings. The van der Waals surface area contributed by atoms with Crippen molar-refractivity contribution in [3.63, 3.8) is 0 Å². The van der Waals surface area contributed by atoms with Crippen molar-refractivity contribution >= 4 is 16.7 Å². The molecule has 0 spiro atoms. The van der Waals surface area contributed by atoms with Gasteiger partial charge in [0.15, 0.2) is 0 Å². The molecule has 24 heavy (non-hydrogen) atoms. The van der Waals surface area contributed by atoms with Gasteiger partial charge in [-0.25, -0.2) is 0 Å². The van der Waals surface area contributed by atoms with E-state index in [2.05, 4.69) is 53.9 Å². The Morgan fingerprint density at radius 3 is 2.71 bits per heavy atom. The summed E-state index contributed by atoms with van der Waals surface area (Å²) in [4.78, 5) is 15.1. The van der Waals surface area contributed by atoms with Crippen LogP contribution in [-0.4, -0.2) is 34.9 Å². The topological polar surface area (TPSA) is 25.2 Å². The summed E-state index contributed by atoms with van der Waals surface area (Å²) in [6.45, 7) is 5.82. The molecule has 0 atom stereocenters. The van der Waals surface area contributed by atoms with E-state index < -0.39 is 0 Å². The molecule has 0 saturated carbocycles. The second-order valence-electron chi connectivity index (χ2n) is 7.34. The van der Waals surface area contributed by atoms with Crippen LogP contribution in [0, 0.1) is 5.92 Å². The minimum Gasteiger partial charge on any atom is -0.350 e. The highest BCUT2D eigenvalue weighted by molar-refractivity contribution is 5.90. The molecule has 0 bridgehead atoms. The maximum atomic E-state index is 12.6. The molecule has 1 aliphatic rings. The number of hydrogen-bond acceptors (Lipinski definition) is 2. The lowest BCUT2D eigenvalue weighted by Gasteiger charge is -2.31. The van der Waals surface area contributed by atoms with E-state index in [-0.39, 0.29) is 0 Å². The van der Waals surface area contributed by atoms with Gasteiger partial charge in [-0.3, -0.25) is 4.79 Å². The number of likely N-dealkylation sites (tertiary alicyclic amines) is 1. The number of carbonyl (C=O) groups is 1. The molecule has 0 radical (unpaired) electrons. The lowest BCUT2D eigenvalue weighted by atomic mass is 9.90. The van der Waals surface area contributed by atoms with Crippen LogP contribution in [0.2, 0.25) is 0 Å². The highest BCUT2D eigenvalue weighted by atomic mass is 16.1. The van der Waals surface area contributed by atoms with Gasteiger partial charge in [0.25, 0.3) is 0 Å². The first-order chi connectivity index (χ1) is 11.7. The van der Waals surface area contributed by atoms with Gasteiger partial charge in [-0.1, -0.05) is 31.5 Å². The van der Waals surface area contributed by atoms with Gasteiger partial charge in [0.2, 0.25) is 0 Å². The molecule has 3 nitrogen and oxygen atoms in total. The molecule has 1 aromatic carbocycles. The molecule has 0 unspecified atom stereocenters. The van der Waals surface area contributed by atoms with E-state index in [1.165, 1.54) is 61.8 Å². The molecule has 1 aliphatic heterocycles. The zero-order valence-corrected chi connectivity index (χ0v) is 15.1. The average molecular weight is 326 g/mol. The molecule has 1 aromatic heterocycles. The number of unbranched alkanes of at least 4 members (excludes halogenated alkanes) is 1. The Bertz CT molecular complexity index is 680. The number of ketones is 1. The highest BCUT2D eigenvalue weighted by Gasteiger charge is 2.21. The predicted octanol–water partition coefficient (Wildman–Crippen LogP) is 4.19. The zero-order chi connectivity index (χ0) is 16.9. The number of piperidine rings is 1. The van der Waals surface area contributed by atoms with E-state index in [9.17, 15) is 4.79 Å². The summed E-state index contributed by atoms with van der Waals surface area (Å²) in [6.07, 6.45) is 8.39. The molecular formula is C21H30N2O. The van der Waals surface area contributed by atoms with E-state index in [4.69, 9.17) is 0 Å². The number of aromatic nitrogens is 1. The first-order valence-electron chi connectivity index (χ1n) is 9.44. The number of fused-ring (bicyclic) bond motifs is 1. The Balaban J connectivity index is 1.53. The molecular weight excluding hydrogens is 296 g/mol. The van der Waals surface area contributed by atoms with E-state index in [1.807, 2.05) is 0 Å². The van der Waals surface area contributed by atoms with Crippen molar-refractivity contribution in [2.24, 2.45) is 13.0 Å². The van der Waals surface area contributed by atoms with Crippen LogP contribution in [0.25, 0.3) is 10.9 Å². The Morgan fingerprint density at radius 1 is 1.21 bits per heavy atom. The number of Topliss-reactive ketones (excluding diaryl/α,β-unsaturated/α-hetero) is 1. The third kappa shape index (κ3) is 4.07. The number of rotatable bonds is 7. The highest BCUT2D eigenvalue weighted by Crippen LogP contribution is 2.24. The predicted molar refractivity (Wildman–Crippen MR) is 100 cm³/mol. The lowest BCUT2D eigenvalue weighted by Crippen LogP contribution is -2.35. The van der Waals surface area contributed by atoms with Crippen molar-refractivity contribution in [2.75, 3.05) is 19.6 Å². The molecule has 3 heteroatoms. The third-order valence-corrected chi connectivity index (χ3v) is 5.42. The van der Waals surface area contributed by atoms with Gasteiger partial charge in [0, 0.05) is 37.0 Å². The van der Waals surface area contributed by atoms with Crippen LogP contribution >= 0.6 is 0 Å². The fourth-order valence-electron chi connectivity index (χ4n) is 3.97. The summed E-state index contributed by atoms with van der Waals surface area (Å²) in [5.41, 5.74) is 2.39. The zero-order valence-electron chi connectivity index (χ0n) is 15.1. The largest absolute Gasteiger partial charge is 0.350 e.